The molecule has 0 atom stereocenters. The fourth-order valence-electron chi connectivity index (χ4n) is 3.32. The number of rotatable bonds is 2. The van der Waals surface area contributed by atoms with E-state index in [1.54, 1.807) is 0 Å². The van der Waals surface area contributed by atoms with Crippen LogP contribution in [0.1, 0.15) is 42.5 Å². The third kappa shape index (κ3) is 2.21. The van der Waals surface area contributed by atoms with E-state index >= 15 is 0 Å². The molecule has 2 aliphatic rings. The quantitative estimate of drug-likeness (QED) is 0.853. The number of carboxylic acid groups (broad SMARTS) is 1. The Morgan fingerprint density at radius 2 is 1.86 bits per heavy atom. The Morgan fingerprint density at radius 3 is 2.48 bits per heavy atom. The first-order valence-corrected chi connectivity index (χ1v) is 7.22. The lowest BCUT2D eigenvalue weighted by Crippen LogP contribution is -2.34. The Morgan fingerprint density at radius 1 is 1.19 bits per heavy atom. The lowest BCUT2D eigenvalue weighted by molar-refractivity contribution is -0.125. The minimum Gasteiger partial charge on any atom is -0.478 e. The summed E-state index contributed by atoms with van der Waals surface area (Å²) in [6.45, 7) is 0. The molecule has 0 radical (unpaired) electrons. The second kappa shape index (κ2) is 4.84. The summed E-state index contributed by atoms with van der Waals surface area (Å²) in [5.74, 6) is -1.64. The first-order chi connectivity index (χ1) is 9.93. The predicted octanol–water partition coefficient (Wildman–Crippen LogP) is 2.86. The molecule has 1 N–H and O–H groups in total. The summed E-state index contributed by atoms with van der Waals surface area (Å²) < 4.78 is 0. The molecule has 1 aromatic carbocycles. The molecule has 1 aliphatic carbocycles. The number of aromatic carboxylic acids is 1. The first-order valence-electron chi connectivity index (χ1n) is 6.84. The Balaban J connectivity index is 2.02. The van der Waals surface area contributed by atoms with Crippen LogP contribution in [-0.4, -0.2) is 22.9 Å². The lowest BCUT2D eigenvalue weighted by atomic mass is 9.84. The summed E-state index contributed by atoms with van der Waals surface area (Å²) in [6.07, 6.45) is 3.55. The van der Waals surface area contributed by atoms with Crippen LogP contribution in [0, 0.1) is 5.41 Å². The molecule has 1 aromatic rings. The van der Waals surface area contributed by atoms with Gasteiger partial charge in [-0.3, -0.25) is 9.59 Å². The second-order valence-electron chi connectivity index (χ2n) is 5.70. The Kier molecular flexibility index (Phi) is 3.24. The zero-order chi connectivity index (χ0) is 15.2. The fraction of sp³-hybridized carbons (Fsp3) is 0.400. The van der Waals surface area contributed by atoms with Crippen LogP contribution < -0.4 is 4.90 Å². The number of imide groups is 1. The van der Waals surface area contributed by atoms with Crippen LogP contribution in [0.3, 0.4) is 0 Å². The van der Waals surface area contributed by atoms with Crippen LogP contribution in [0.25, 0.3) is 0 Å². The van der Waals surface area contributed by atoms with Crippen molar-refractivity contribution in [3.8, 4) is 0 Å². The number of nitrogens with zero attached hydrogens (tertiary/aromatic N) is 1. The monoisotopic (exact) mass is 307 g/mol. The molecule has 0 aromatic heterocycles. The maximum absolute atomic E-state index is 12.6. The zero-order valence-corrected chi connectivity index (χ0v) is 12.0. The van der Waals surface area contributed by atoms with Crippen LogP contribution in [0.2, 0.25) is 5.02 Å². The fourth-order valence-corrected chi connectivity index (χ4v) is 3.55. The summed E-state index contributed by atoms with van der Waals surface area (Å²) in [5, 5.41) is 9.26. The Labute approximate surface area is 126 Å². The van der Waals surface area contributed by atoms with Gasteiger partial charge in [0.25, 0.3) is 0 Å². The average Bonchev–Trinajstić information content (AvgIpc) is 2.96. The molecule has 6 heteroatoms. The maximum Gasteiger partial charge on any atom is 0.335 e. The number of hydrogen-bond acceptors (Lipinski definition) is 3. The number of benzene rings is 1. The van der Waals surface area contributed by atoms with Gasteiger partial charge in [-0.1, -0.05) is 24.4 Å². The van der Waals surface area contributed by atoms with E-state index in [9.17, 15) is 14.4 Å². The topological polar surface area (TPSA) is 74.7 Å². The van der Waals surface area contributed by atoms with Crippen LogP contribution in [-0.2, 0) is 9.59 Å². The molecule has 1 saturated carbocycles. The molecule has 5 nitrogen and oxygen atoms in total. The number of halogens is 1. The third-order valence-electron chi connectivity index (χ3n) is 4.34. The molecular formula is C15H14ClNO4. The summed E-state index contributed by atoms with van der Waals surface area (Å²) >= 11 is 5.91. The summed E-state index contributed by atoms with van der Waals surface area (Å²) in [6, 6.07) is 4.07. The van der Waals surface area contributed by atoms with Gasteiger partial charge >= 0.3 is 5.97 Å². The van der Waals surface area contributed by atoms with Crippen molar-refractivity contribution in [3.05, 3.63) is 28.8 Å². The van der Waals surface area contributed by atoms with Crippen LogP contribution in [0.4, 0.5) is 5.69 Å². The third-order valence-corrected chi connectivity index (χ3v) is 4.56. The molecule has 3 rings (SSSR count). The van der Waals surface area contributed by atoms with E-state index in [0.717, 1.165) is 30.6 Å². The van der Waals surface area contributed by atoms with Gasteiger partial charge in [0, 0.05) is 11.4 Å². The zero-order valence-electron chi connectivity index (χ0n) is 11.3. The standard InChI is InChI=1S/C15H14ClNO4/c16-10-5-9(13(19)20)6-11(7-10)17-12(18)8-15(14(17)21)3-1-2-4-15/h5-7H,1-4,8H2,(H,19,20). The smallest absolute Gasteiger partial charge is 0.335 e. The SMILES string of the molecule is O=C(O)c1cc(Cl)cc(N2C(=O)CC3(CCCC3)C2=O)c1. The van der Waals surface area contributed by atoms with E-state index in [1.807, 2.05) is 0 Å². The number of carbonyl (C=O) groups is 3. The molecule has 1 heterocycles. The van der Waals surface area contributed by atoms with Gasteiger partial charge < -0.3 is 5.11 Å². The highest BCUT2D eigenvalue weighted by Crippen LogP contribution is 2.48. The number of anilines is 1. The van der Waals surface area contributed by atoms with Crippen molar-refractivity contribution in [2.75, 3.05) is 4.90 Å². The van der Waals surface area contributed by atoms with Gasteiger partial charge in [0.15, 0.2) is 0 Å². The van der Waals surface area contributed by atoms with E-state index in [2.05, 4.69) is 0 Å². The van der Waals surface area contributed by atoms with Gasteiger partial charge in [-0.25, -0.2) is 9.69 Å². The molecule has 21 heavy (non-hydrogen) atoms. The molecule has 1 spiro atoms. The Hall–Kier alpha value is -1.88. The summed E-state index contributed by atoms with van der Waals surface area (Å²) in [5.41, 5.74) is -0.368. The van der Waals surface area contributed by atoms with E-state index in [1.165, 1.54) is 18.2 Å². The van der Waals surface area contributed by atoms with Gasteiger partial charge in [-0.2, -0.15) is 0 Å². The molecule has 1 saturated heterocycles. The van der Waals surface area contributed by atoms with Gasteiger partial charge in [0.2, 0.25) is 11.8 Å². The van der Waals surface area contributed by atoms with Crippen LogP contribution in [0.15, 0.2) is 18.2 Å². The second-order valence-corrected chi connectivity index (χ2v) is 6.14. The molecule has 0 bridgehead atoms. The number of hydrogen-bond donors (Lipinski definition) is 1. The van der Waals surface area contributed by atoms with E-state index in [4.69, 9.17) is 16.7 Å². The van der Waals surface area contributed by atoms with Gasteiger partial charge in [0.05, 0.1) is 16.7 Å². The molecular weight excluding hydrogens is 294 g/mol. The molecule has 110 valence electrons. The summed E-state index contributed by atoms with van der Waals surface area (Å²) in [4.78, 5) is 37.1. The minimum absolute atomic E-state index is 0.0366. The Bertz CT molecular complexity index is 649. The van der Waals surface area contributed by atoms with Crippen molar-refractivity contribution >= 4 is 35.1 Å². The van der Waals surface area contributed by atoms with E-state index < -0.39 is 11.4 Å². The molecule has 0 unspecified atom stereocenters. The van der Waals surface area contributed by atoms with Crippen molar-refractivity contribution in [1.29, 1.82) is 0 Å². The maximum atomic E-state index is 12.6. The van der Waals surface area contributed by atoms with E-state index in [-0.39, 0.29) is 34.5 Å². The largest absolute Gasteiger partial charge is 0.478 e. The van der Waals surface area contributed by atoms with E-state index in [0.29, 0.717) is 0 Å². The highest BCUT2D eigenvalue weighted by Gasteiger charge is 2.53. The minimum atomic E-state index is -1.14. The molecule has 2 fully saturated rings. The van der Waals surface area contributed by atoms with Crippen molar-refractivity contribution in [1.82, 2.24) is 0 Å². The van der Waals surface area contributed by atoms with Crippen molar-refractivity contribution in [2.45, 2.75) is 32.1 Å². The normalized spacial score (nSPS) is 20.5. The van der Waals surface area contributed by atoms with Crippen molar-refractivity contribution in [3.63, 3.8) is 0 Å². The van der Waals surface area contributed by atoms with Gasteiger partial charge in [-0.05, 0) is 31.0 Å². The highest BCUT2D eigenvalue weighted by molar-refractivity contribution is 6.32. The molecule has 1 aliphatic heterocycles. The van der Waals surface area contributed by atoms with Crippen LogP contribution in [0.5, 0.6) is 0 Å². The molecule has 2 amide bonds. The lowest BCUT2D eigenvalue weighted by Gasteiger charge is -2.21. The van der Waals surface area contributed by atoms with Crippen molar-refractivity contribution < 1.29 is 19.5 Å². The van der Waals surface area contributed by atoms with Crippen LogP contribution >= 0.6 is 11.6 Å². The number of carbonyl (C=O) groups excluding carboxylic acids is 2. The highest BCUT2D eigenvalue weighted by atomic mass is 35.5. The van der Waals surface area contributed by atoms with Gasteiger partial charge in [-0.15, -0.1) is 0 Å². The number of carboxylic acids is 1. The first kappa shape index (κ1) is 14.1. The van der Waals surface area contributed by atoms with Gasteiger partial charge in [0.1, 0.15) is 0 Å². The van der Waals surface area contributed by atoms with Crippen molar-refractivity contribution in [2.24, 2.45) is 5.41 Å². The summed E-state index contributed by atoms with van der Waals surface area (Å²) in [7, 11) is 0. The predicted molar refractivity (Wildman–Crippen MR) is 76.4 cm³/mol. The average molecular weight is 308 g/mol. The number of amides is 2.